The smallest absolute Gasteiger partial charge is 0.473 e. The van der Waals surface area contributed by atoms with E-state index < -0.39 is 19.4 Å². The topological polar surface area (TPSA) is 137 Å². The summed E-state index contributed by atoms with van der Waals surface area (Å²) in [6.45, 7) is 12.5. The Morgan fingerprint density at radius 1 is 1.12 bits per heavy atom. The van der Waals surface area contributed by atoms with Gasteiger partial charge in [0.15, 0.2) is 5.60 Å². The summed E-state index contributed by atoms with van der Waals surface area (Å²) in [5.41, 5.74) is 2.12. The Bertz CT molecular complexity index is 1100. The minimum absolute atomic E-state index is 0. The fourth-order valence-corrected chi connectivity index (χ4v) is 6.42. The largest absolute Gasteiger partial charge is 0.507 e. The lowest BCUT2D eigenvalue weighted by Crippen LogP contribution is -2.31. The number of phosphoric ester groups is 1. The molecule has 8 nitrogen and oxygen atoms in total. The second-order valence-corrected chi connectivity index (χ2v) is 12.7. The van der Waals surface area contributed by atoms with Crippen molar-refractivity contribution in [3.05, 3.63) is 47.1 Å². The van der Waals surface area contributed by atoms with Crippen LogP contribution in [0.3, 0.4) is 0 Å². The number of hydrogen-bond acceptors (Lipinski definition) is 7. The number of phosphoric acid groups is 1. The molecule has 2 aliphatic rings. The van der Waals surface area contributed by atoms with Gasteiger partial charge in [0.05, 0.1) is 6.61 Å². The van der Waals surface area contributed by atoms with Crippen molar-refractivity contribution in [2.24, 2.45) is 5.92 Å². The van der Waals surface area contributed by atoms with Gasteiger partial charge in [-0.05, 0) is 82.4 Å². The molecule has 226 valence electrons. The molecule has 1 unspecified atom stereocenters. The second-order valence-electron chi connectivity index (χ2n) is 11.4. The Balaban J connectivity index is 0.00000560. The number of aromatic hydroxyl groups is 1. The maximum absolute atomic E-state index is 13.4. The molecule has 0 aromatic heterocycles. The number of rotatable bonds is 16. The molecule has 0 heterocycles. The van der Waals surface area contributed by atoms with E-state index in [9.17, 15) is 19.4 Å². The Morgan fingerprint density at radius 3 is 2.42 bits per heavy atom. The van der Waals surface area contributed by atoms with Crippen LogP contribution in [0.1, 0.15) is 115 Å². The molecule has 0 aliphatic heterocycles. The number of aryl methyl sites for hydroxylation is 1. The normalized spacial score (nSPS) is 21.1. The van der Waals surface area contributed by atoms with Crippen LogP contribution < -0.4 is 10.9 Å². The molecule has 2 aliphatic carbocycles. The molecule has 3 rings (SSSR count). The van der Waals surface area contributed by atoms with Gasteiger partial charge in [-0.15, -0.1) is 0 Å². The maximum atomic E-state index is 13.4. The van der Waals surface area contributed by atoms with Gasteiger partial charge in [-0.3, -0.25) is 9.05 Å². The molecule has 1 aromatic rings. The lowest BCUT2D eigenvalue weighted by molar-refractivity contribution is -0.145. The number of carbonyl (C=O) groups excluding carboxylic acids is 1. The summed E-state index contributed by atoms with van der Waals surface area (Å²) < 4.78 is 29.1. The average Bonchev–Trinajstić information content (AvgIpc) is 3.63. The number of esters is 1. The van der Waals surface area contributed by atoms with Gasteiger partial charge in [-0.1, -0.05) is 69.8 Å². The van der Waals surface area contributed by atoms with Gasteiger partial charge in [0, 0.05) is 11.5 Å². The quantitative estimate of drug-likeness (QED) is 0.0583. The Morgan fingerprint density at radius 2 is 1.80 bits per heavy atom. The molecule has 0 amide bonds. The zero-order chi connectivity index (χ0) is 28.6. The van der Waals surface area contributed by atoms with Crippen molar-refractivity contribution < 1.29 is 33.1 Å². The first kappa shape index (κ1) is 34.2. The zero-order valence-corrected chi connectivity index (χ0v) is 25.8. The Labute approximate surface area is 240 Å². The summed E-state index contributed by atoms with van der Waals surface area (Å²) in [7, 11) is -4.44. The van der Waals surface area contributed by atoms with Gasteiger partial charge in [0.2, 0.25) is 0 Å². The number of carbonyl (C=O) groups is 1. The van der Waals surface area contributed by atoms with Gasteiger partial charge in [-0.25, -0.2) is 9.36 Å². The van der Waals surface area contributed by atoms with Crippen LogP contribution in [0, 0.1) is 5.92 Å². The van der Waals surface area contributed by atoms with E-state index in [0.29, 0.717) is 12.0 Å². The van der Waals surface area contributed by atoms with Gasteiger partial charge in [0.25, 0.3) is 0 Å². The molecule has 0 spiro atoms. The zero-order valence-electron chi connectivity index (χ0n) is 24.9. The molecule has 1 aromatic carbocycles. The van der Waals surface area contributed by atoms with Crippen molar-refractivity contribution in [1.82, 2.24) is 6.15 Å². The summed E-state index contributed by atoms with van der Waals surface area (Å²) in [4.78, 5) is 23.7. The predicted octanol–water partition coefficient (Wildman–Crippen LogP) is 8.45. The standard InChI is InChI=1S/C31H47O7P.H3N/c1-6-8-10-12-18-36-39(34,35)38-31(16-17-31)30(33)37-28-21-24(13-11-9-7-2)20-27(32)29(28)26-19-23(5)14-15-25(26)22(3)4;/h19-21,25-26,32H,3,6-18H2,1-2,4-5H3,(H,34,35);1H3/t25-,26+;/m0./s1. The van der Waals surface area contributed by atoms with Crippen LogP contribution >= 0.6 is 7.82 Å². The van der Waals surface area contributed by atoms with Gasteiger partial charge in [0.1, 0.15) is 11.5 Å². The van der Waals surface area contributed by atoms with E-state index in [1.807, 2.05) is 13.0 Å². The van der Waals surface area contributed by atoms with Crippen molar-refractivity contribution in [3.8, 4) is 11.5 Å². The minimum atomic E-state index is -4.44. The number of unbranched alkanes of at least 4 members (excludes halogenated alkanes) is 5. The second kappa shape index (κ2) is 15.3. The molecular formula is C31H50NO7P. The summed E-state index contributed by atoms with van der Waals surface area (Å²) in [6, 6.07) is 3.60. The third-order valence-corrected chi connectivity index (χ3v) is 8.87. The van der Waals surface area contributed by atoms with Crippen LogP contribution in [0.15, 0.2) is 35.9 Å². The van der Waals surface area contributed by atoms with E-state index in [1.54, 1.807) is 6.07 Å². The first-order valence-corrected chi connectivity index (χ1v) is 16.1. The molecule has 0 bridgehead atoms. The van der Waals surface area contributed by atoms with Crippen LogP contribution in [0.4, 0.5) is 0 Å². The van der Waals surface area contributed by atoms with Crippen LogP contribution in [0.2, 0.25) is 0 Å². The Kier molecular flexibility index (Phi) is 13.1. The highest BCUT2D eigenvalue weighted by molar-refractivity contribution is 7.47. The number of phenolic OH excluding ortho intramolecular Hbond substituents is 1. The van der Waals surface area contributed by atoms with Crippen LogP contribution in [0.5, 0.6) is 11.5 Å². The molecule has 9 heteroatoms. The summed E-state index contributed by atoms with van der Waals surface area (Å²) in [6.07, 6.45) is 11.9. The summed E-state index contributed by atoms with van der Waals surface area (Å²) >= 11 is 0. The molecule has 3 atom stereocenters. The van der Waals surface area contributed by atoms with Crippen molar-refractivity contribution in [1.29, 1.82) is 0 Å². The van der Waals surface area contributed by atoms with E-state index in [-0.39, 0.29) is 48.9 Å². The van der Waals surface area contributed by atoms with E-state index in [1.165, 1.54) is 5.57 Å². The van der Waals surface area contributed by atoms with Crippen molar-refractivity contribution in [3.63, 3.8) is 0 Å². The number of benzene rings is 1. The SMILES string of the molecule is C=C(C)[C@@H]1CCC(C)=C[C@H]1c1c(O)cc(CCCCC)cc1OC(=O)C1(OP(=O)(O)OCCCCCC)CC1.N. The average molecular weight is 580 g/mol. The third kappa shape index (κ3) is 9.28. The van der Waals surface area contributed by atoms with E-state index in [2.05, 4.69) is 33.4 Å². The van der Waals surface area contributed by atoms with E-state index >= 15 is 0 Å². The molecule has 40 heavy (non-hydrogen) atoms. The van der Waals surface area contributed by atoms with Crippen LogP contribution in [0.25, 0.3) is 0 Å². The van der Waals surface area contributed by atoms with Crippen molar-refractivity contribution in [2.45, 2.75) is 116 Å². The summed E-state index contributed by atoms with van der Waals surface area (Å²) in [5.74, 6) is -0.482. The molecule has 0 radical (unpaired) electrons. The highest BCUT2D eigenvalue weighted by Gasteiger charge is 2.58. The van der Waals surface area contributed by atoms with Gasteiger partial charge in [-0.2, -0.15) is 0 Å². The number of allylic oxidation sites excluding steroid dienone is 3. The highest BCUT2D eigenvalue weighted by Crippen LogP contribution is 2.56. The van der Waals surface area contributed by atoms with Gasteiger partial charge >= 0.3 is 13.8 Å². The monoisotopic (exact) mass is 579 g/mol. The fourth-order valence-electron chi connectivity index (χ4n) is 5.31. The highest BCUT2D eigenvalue weighted by atomic mass is 31.2. The van der Waals surface area contributed by atoms with E-state index in [0.717, 1.165) is 68.9 Å². The first-order chi connectivity index (χ1) is 18.5. The lowest BCUT2D eigenvalue weighted by Gasteiger charge is -2.32. The fraction of sp³-hybridized carbons (Fsp3) is 0.645. The number of ether oxygens (including phenoxy) is 1. The predicted molar refractivity (Wildman–Crippen MR) is 159 cm³/mol. The number of phenols is 1. The molecule has 0 saturated heterocycles. The molecular weight excluding hydrogens is 529 g/mol. The minimum Gasteiger partial charge on any atom is -0.507 e. The lowest BCUT2D eigenvalue weighted by atomic mass is 9.73. The molecule has 1 saturated carbocycles. The van der Waals surface area contributed by atoms with E-state index in [4.69, 9.17) is 13.8 Å². The van der Waals surface area contributed by atoms with Crippen LogP contribution in [-0.2, 0) is 24.8 Å². The molecule has 5 N–H and O–H groups in total. The van der Waals surface area contributed by atoms with Crippen molar-refractivity contribution in [2.75, 3.05) is 6.61 Å². The number of hydrogen-bond donors (Lipinski definition) is 3. The Hall–Kier alpha value is -1.96. The van der Waals surface area contributed by atoms with Crippen molar-refractivity contribution >= 4 is 13.8 Å². The first-order valence-electron chi connectivity index (χ1n) is 14.6. The molecule has 1 fully saturated rings. The third-order valence-electron chi connectivity index (χ3n) is 7.78. The van der Waals surface area contributed by atoms with Gasteiger partial charge < -0.3 is 20.9 Å². The maximum Gasteiger partial charge on any atom is 0.473 e. The van der Waals surface area contributed by atoms with Crippen LogP contribution in [-0.4, -0.2) is 28.2 Å². The summed E-state index contributed by atoms with van der Waals surface area (Å²) in [5, 5.41) is 11.3.